The highest BCUT2D eigenvalue weighted by Gasteiger charge is 2.19. The number of nitrogen functional groups attached to an aromatic ring is 1. The first kappa shape index (κ1) is 15.7. The monoisotopic (exact) mass is 287 g/mol. The van der Waals surface area contributed by atoms with Crippen LogP contribution < -0.4 is 15.2 Å². The minimum atomic E-state index is -3.58. The molecule has 6 nitrogen and oxygen atoms in total. The fourth-order valence-corrected chi connectivity index (χ4v) is 2.68. The normalized spacial score (nSPS) is 11.8. The van der Waals surface area contributed by atoms with Crippen molar-refractivity contribution in [3.05, 3.63) is 18.2 Å². The SMILES string of the molecule is CCN(C)CCNS(=O)(=O)c1ccc(N)cc1OC. The molecular formula is C12H21N3O3S. The average Bonchev–Trinajstić information content (AvgIpc) is 2.37. The molecule has 0 aliphatic heterocycles. The minimum absolute atomic E-state index is 0.100. The highest BCUT2D eigenvalue weighted by Crippen LogP contribution is 2.25. The number of sulfonamides is 1. The summed E-state index contributed by atoms with van der Waals surface area (Å²) < 4.78 is 31.9. The zero-order valence-electron chi connectivity index (χ0n) is 11.5. The Morgan fingerprint density at radius 2 is 2.11 bits per heavy atom. The van der Waals surface area contributed by atoms with E-state index in [2.05, 4.69) is 4.72 Å². The number of nitrogens with one attached hydrogen (secondary N) is 1. The Balaban J connectivity index is 2.83. The van der Waals surface area contributed by atoms with Crippen LogP contribution in [0, 0.1) is 0 Å². The predicted octanol–water partition coefficient (Wildman–Crippen LogP) is 0.507. The van der Waals surface area contributed by atoms with Gasteiger partial charge in [-0.2, -0.15) is 0 Å². The Morgan fingerprint density at radius 1 is 1.42 bits per heavy atom. The van der Waals surface area contributed by atoms with Gasteiger partial charge in [-0.1, -0.05) is 6.92 Å². The lowest BCUT2D eigenvalue weighted by molar-refractivity contribution is 0.357. The number of hydrogen-bond acceptors (Lipinski definition) is 5. The maximum atomic E-state index is 12.1. The zero-order valence-corrected chi connectivity index (χ0v) is 12.3. The summed E-state index contributed by atoms with van der Waals surface area (Å²) >= 11 is 0. The highest BCUT2D eigenvalue weighted by atomic mass is 32.2. The number of nitrogens with two attached hydrogens (primary N) is 1. The topological polar surface area (TPSA) is 84.7 Å². The van der Waals surface area contributed by atoms with Crippen LogP contribution in [0.15, 0.2) is 23.1 Å². The molecule has 0 aliphatic carbocycles. The van der Waals surface area contributed by atoms with E-state index in [1.54, 1.807) is 0 Å². The van der Waals surface area contributed by atoms with Gasteiger partial charge in [-0.05, 0) is 25.7 Å². The lowest BCUT2D eigenvalue weighted by atomic mass is 10.3. The van der Waals surface area contributed by atoms with Crippen molar-refractivity contribution < 1.29 is 13.2 Å². The molecule has 0 saturated carbocycles. The first-order valence-electron chi connectivity index (χ1n) is 6.02. The second kappa shape index (κ2) is 6.74. The van der Waals surface area contributed by atoms with Gasteiger partial charge in [0.15, 0.2) is 0 Å². The van der Waals surface area contributed by atoms with Crippen LogP contribution in [0.1, 0.15) is 6.92 Å². The summed E-state index contributed by atoms with van der Waals surface area (Å²) in [5.41, 5.74) is 6.06. The molecule has 108 valence electrons. The molecule has 0 spiro atoms. The van der Waals surface area contributed by atoms with Gasteiger partial charge in [0.05, 0.1) is 7.11 Å². The molecule has 0 saturated heterocycles. The molecule has 0 bridgehead atoms. The minimum Gasteiger partial charge on any atom is -0.495 e. The van der Waals surface area contributed by atoms with E-state index in [9.17, 15) is 8.42 Å². The fraction of sp³-hybridized carbons (Fsp3) is 0.500. The van der Waals surface area contributed by atoms with Crippen LogP contribution in [-0.4, -0.2) is 47.1 Å². The Morgan fingerprint density at radius 3 is 2.68 bits per heavy atom. The van der Waals surface area contributed by atoms with Gasteiger partial charge in [0, 0.05) is 24.8 Å². The molecule has 3 N–H and O–H groups in total. The number of likely N-dealkylation sites (N-methyl/N-ethyl adjacent to an activating group) is 1. The summed E-state index contributed by atoms with van der Waals surface area (Å²) in [6.45, 7) is 3.87. The number of nitrogens with zero attached hydrogens (tertiary/aromatic N) is 1. The molecule has 1 aromatic carbocycles. The van der Waals surface area contributed by atoms with E-state index in [0.29, 0.717) is 18.8 Å². The fourth-order valence-electron chi connectivity index (χ4n) is 1.51. The van der Waals surface area contributed by atoms with Crippen LogP contribution in [0.4, 0.5) is 5.69 Å². The highest BCUT2D eigenvalue weighted by molar-refractivity contribution is 7.89. The van der Waals surface area contributed by atoms with Crippen LogP contribution in [0.3, 0.4) is 0 Å². The van der Waals surface area contributed by atoms with Crippen molar-refractivity contribution in [3.8, 4) is 5.75 Å². The molecule has 1 rings (SSSR count). The van der Waals surface area contributed by atoms with E-state index in [4.69, 9.17) is 10.5 Å². The number of methoxy groups -OCH3 is 1. The quantitative estimate of drug-likeness (QED) is 0.714. The lowest BCUT2D eigenvalue weighted by Gasteiger charge is -2.15. The van der Waals surface area contributed by atoms with Crippen molar-refractivity contribution in [2.24, 2.45) is 0 Å². The Bertz CT molecular complexity index is 517. The summed E-state index contributed by atoms with van der Waals surface area (Å²) in [6, 6.07) is 4.47. The van der Waals surface area contributed by atoms with Gasteiger partial charge >= 0.3 is 0 Å². The zero-order chi connectivity index (χ0) is 14.5. The van der Waals surface area contributed by atoms with Gasteiger partial charge in [-0.15, -0.1) is 0 Å². The van der Waals surface area contributed by atoms with E-state index in [0.717, 1.165) is 6.54 Å². The average molecular weight is 287 g/mol. The molecule has 0 atom stereocenters. The van der Waals surface area contributed by atoms with Crippen LogP contribution >= 0.6 is 0 Å². The summed E-state index contributed by atoms with van der Waals surface area (Å²) in [5.74, 6) is 0.247. The molecule has 1 aromatic rings. The Labute approximate surface area is 114 Å². The molecule has 19 heavy (non-hydrogen) atoms. The van der Waals surface area contributed by atoms with E-state index in [1.165, 1.54) is 25.3 Å². The summed E-state index contributed by atoms with van der Waals surface area (Å²) in [7, 11) is -0.237. The van der Waals surface area contributed by atoms with Crippen LogP contribution in [0.25, 0.3) is 0 Å². The smallest absolute Gasteiger partial charge is 0.244 e. The van der Waals surface area contributed by atoms with Crippen molar-refractivity contribution in [1.82, 2.24) is 9.62 Å². The van der Waals surface area contributed by atoms with Crippen molar-refractivity contribution in [3.63, 3.8) is 0 Å². The summed E-state index contributed by atoms with van der Waals surface area (Å²) in [5, 5.41) is 0. The van der Waals surface area contributed by atoms with Crippen molar-refractivity contribution in [1.29, 1.82) is 0 Å². The van der Waals surface area contributed by atoms with Gasteiger partial charge in [-0.3, -0.25) is 0 Å². The number of anilines is 1. The molecule has 0 amide bonds. The second-order valence-electron chi connectivity index (χ2n) is 4.20. The number of benzene rings is 1. The van der Waals surface area contributed by atoms with Gasteiger partial charge in [0.2, 0.25) is 10.0 Å². The number of ether oxygens (including phenoxy) is 1. The van der Waals surface area contributed by atoms with E-state index >= 15 is 0 Å². The number of rotatable bonds is 7. The molecule has 7 heteroatoms. The van der Waals surface area contributed by atoms with Crippen molar-refractivity contribution in [2.75, 3.05) is 39.5 Å². The second-order valence-corrected chi connectivity index (χ2v) is 5.94. The van der Waals surface area contributed by atoms with E-state index < -0.39 is 10.0 Å². The maximum Gasteiger partial charge on any atom is 0.244 e. The standard InChI is InChI=1S/C12H21N3O3S/c1-4-15(2)8-7-14-19(16,17)12-6-5-10(13)9-11(12)18-3/h5-6,9,14H,4,7-8,13H2,1-3H3. The summed E-state index contributed by atoms with van der Waals surface area (Å²) in [6.07, 6.45) is 0. The molecule has 0 aliphatic rings. The van der Waals surface area contributed by atoms with Gasteiger partial charge in [0.25, 0.3) is 0 Å². The molecule has 0 fully saturated rings. The molecular weight excluding hydrogens is 266 g/mol. The Hall–Kier alpha value is -1.31. The molecule has 0 radical (unpaired) electrons. The van der Waals surface area contributed by atoms with E-state index in [1.807, 2.05) is 18.9 Å². The van der Waals surface area contributed by atoms with Gasteiger partial charge < -0.3 is 15.4 Å². The largest absolute Gasteiger partial charge is 0.495 e. The van der Waals surface area contributed by atoms with Crippen molar-refractivity contribution >= 4 is 15.7 Å². The number of hydrogen-bond donors (Lipinski definition) is 2. The van der Waals surface area contributed by atoms with Gasteiger partial charge in [-0.25, -0.2) is 13.1 Å². The molecule has 0 unspecified atom stereocenters. The Kier molecular flexibility index (Phi) is 5.59. The van der Waals surface area contributed by atoms with Gasteiger partial charge in [0.1, 0.15) is 10.6 Å². The molecule has 0 heterocycles. The predicted molar refractivity (Wildman–Crippen MR) is 75.8 cm³/mol. The third kappa shape index (κ3) is 4.38. The first-order valence-corrected chi connectivity index (χ1v) is 7.50. The third-order valence-corrected chi connectivity index (χ3v) is 4.30. The van der Waals surface area contributed by atoms with Crippen LogP contribution in [-0.2, 0) is 10.0 Å². The van der Waals surface area contributed by atoms with Crippen LogP contribution in [0.5, 0.6) is 5.75 Å². The third-order valence-electron chi connectivity index (χ3n) is 2.80. The van der Waals surface area contributed by atoms with Crippen molar-refractivity contribution in [2.45, 2.75) is 11.8 Å². The lowest BCUT2D eigenvalue weighted by Crippen LogP contribution is -2.33. The van der Waals surface area contributed by atoms with E-state index in [-0.39, 0.29) is 10.6 Å². The first-order chi connectivity index (χ1) is 8.90. The molecule has 0 aromatic heterocycles. The van der Waals surface area contributed by atoms with Crippen LogP contribution in [0.2, 0.25) is 0 Å². The maximum absolute atomic E-state index is 12.1. The summed E-state index contributed by atoms with van der Waals surface area (Å²) in [4.78, 5) is 2.12.